The van der Waals surface area contributed by atoms with Gasteiger partial charge in [0.2, 0.25) is 6.04 Å². The summed E-state index contributed by atoms with van der Waals surface area (Å²) in [5.41, 5.74) is 0.984. The van der Waals surface area contributed by atoms with E-state index in [0.717, 1.165) is 5.56 Å². The molecule has 0 aromatic carbocycles. The lowest BCUT2D eigenvalue weighted by Crippen LogP contribution is -2.48. The Morgan fingerprint density at radius 2 is 1.71 bits per heavy atom. The third kappa shape index (κ3) is 4.87. The monoisotopic (exact) mass is 294 g/mol. The molecule has 1 amide bonds. The van der Waals surface area contributed by atoms with Gasteiger partial charge in [0.15, 0.2) is 0 Å². The Morgan fingerprint density at radius 3 is 2.14 bits per heavy atom. The van der Waals surface area contributed by atoms with Crippen LogP contribution in [-0.2, 0) is 19.1 Å². The normalized spacial score (nSPS) is 10.1. The smallest absolute Gasteiger partial charge is 0.340 e. The van der Waals surface area contributed by atoms with Crippen molar-refractivity contribution < 1.29 is 23.9 Å². The molecule has 1 aromatic heterocycles. The molecule has 7 heteroatoms. The first-order valence-corrected chi connectivity index (χ1v) is 6.56. The van der Waals surface area contributed by atoms with Gasteiger partial charge in [0.25, 0.3) is 5.91 Å². The van der Waals surface area contributed by atoms with Gasteiger partial charge in [0.05, 0.1) is 13.2 Å². The predicted octanol–water partition coefficient (Wildman–Crippen LogP) is 0.615. The van der Waals surface area contributed by atoms with Gasteiger partial charge in [-0.1, -0.05) is 6.07 Å². The highest BCUT2D eigenvalue weighted by molar-refractivity contribution is 6.05. The number of rotatable bonds is 6. The van der Waals surface area contributed by atoms with Gasteiger partial charge >= 0.3 is 11.9 Å². The summed E-state index contributed by atoms with van der Waals surface area (Å²) in [6.45, 7) is 5.21. The molecule has 0 saturated heterocycles. The Balaban J connectivity index is 2.84. The second kappa shape index (κ2) is 7.98. The van der Waals surface area contributed by atoms with Gasteiger partial charge in [-0.05, 0) is 32.4 Å². The van der Waals surface area contributed by atoms with Gasteiger partial charge in [-0.3, -0.25) is 9.78 Å². The summed E-state index contributed by atoms with van der Waals surface area (Å²) in [5, 5.41) is 2.27. The largest absolute Gasteiger partial charge is 0.464 e. The van der Waals surface area contributed by atoms with Crippen molar-refractivity contribution in [3.63, 3.8) is 0 Å². The van der Waals surface area contributed by atoms with E-state index in [1.807, 2.05) is 6.92 Å². The topological polar surface area (TPSA) is 94.6 Å². The number of esters is 2. The van der Waals surface area contributed by atoms with Crippen molar-refractivity contribution in [2.75, 3.05) is 13.2 Å². The van der Waals surface area contributed by atoms with Gasteiger partial charge in [-0.15, -0.1) is 0 Å². The van der Waals surface area contributed by atoms with E-state index in [1.165, 1.54) is 12.3 Å². The minimum Gasteiger partial charge on any atom is -0.464 e. The van der Waals surface area contributed by atoms with Gasteiger partial charge in [-0.25, -0.2) is 9.59 Å². The summed E-state index contributed by atoms with van der Waals surface area (Å²) >= 11 is 0. The molecule has 0 aliphatic carbocycles. The minimum atomic E-state index is -1.50. The molecule has 0 saturated carbocycles. The van der Waals surface area contributed by atoms with Crippen molar-refractivity contribution in [3.05, 3.63) is 29.6 Å². The first-order valence-electron chi connectivity index (χ1n) is 6.56. The van der Waals surface area contributed by atoms with Crippen LogP contribution in [0.15, 0.2) is 18.3 Å². The van der Waals surface area contributed by atoms with Crippen molar-refractivity contribution >= 4 is 17.8 Å². The molecule has 0 aliphatic rings. The fourth-order valence-corrected chi connectivity index (χ4v) is 1.47. The first-order chi connectivity index (χ1) is 9.99. The van der Waals surface area contributed by atoms with Crippen LogP contribution >= 0.6 is 0 Å². The molecule has 0 radical (unpaired) electrons. The van der Waals surface area contributed by atoms with Gasteiger partial charge in [0, 0.05) is 6.20 Å². The molecule has 0 fully saturated rings. The number of ether oxygens (including phenoxy) is 2. The molecule has 0 spiro atoms. The number of hydrogen-bond donors (Lipinski definition) is 1. The Bertz CT molecular complexity index is 495. The number of nitrogens with zero attached hydrogens (tertiary/aromatic N) is 1. The Morgan fingerprint density at radius 1 is 1.14 bits per heavy atom. The van der Waals surface area contributed by atoms with Crippen LogP contribution < -0.4 is 5.32 Å². The average Bonchev–Trinajstić information content (AvgIpc) is 2.45. The Kier molecular flexibility index (Phi) is 6.32. The number of nitrogens with one attached hydrogen (secondary N) is 1. The number of hydrogen-bond acceptors (Lipinski definition) is 6. The zero-order valence-corrected chi connectivity index (χ0v) is 12.2. The lowest BCUT2D eigenvalue weighted by Gasteiger charge is -2.15. The highest BCUT2D eigenvalue weighted by atomic mass is 16.6. The van der Waals surface area contributed by atoms with E-state index in [4.69, 9.17) is 9.47 Å². The Labute approximate surface area is 122 Å². The maximum atomic E-state index is 12.0. The minimum absolute atomic E-state index is 0.0907. The predicted molar refractivity (Wildman–Crippen MR) is 73.5 cm³/mol. The van der Waals surface area contributed by atoms with Crippen molar-refractivity contribution in [2.24, 2.45) is 0 Å². The molecular formula is C14H18N2O5. The Hall–Kier alpha value is -2.44. The lowest BCUT2D eigenvalue weighted by molar-refractivity contribution is -0.157. The molecule has 1 rings (SSSR count). The number of carbonyl (C=O) groups is 3. The quantitative estimate of drug-likeness (QED) is 0.610. The number of amides is 1. The molecular weight excluding hydrogens is 276 g/mol. The van der Waals surface area contributed by atoms with Crippen LogP contribution in [0.3, 0.4) is 0 Å². The van der Waals surface area contributed by atoms with Crippen LogP contribution in [0, 0.1) is 6.92 Å². The van der Waals surface area contributed by atoms with Gasteiger partial charge < -0.3 is 14.8 Å². The van der Waals surface area contributed by atoms with Crippen LogP contribution in [0.1, 0.15) is 29.9 Å². The van der Waals surface area contributed by atoms with Crippen molar-refractivity contribution in [3.8, 4) is 0 Å². The fraction of sp³-hybridized carbons (Fsp3) is 0.429. The summed E-state index contributed by atoms with van der Waals surface area (Å²) in [6, 6.07) is 1.70. The SMILES string of the molecule is CCOC(=O)C(NC(=O)c1ccc(C)cn1)C(=O)OCC. The maximum absolute atomic E-state index is 12.0. The van der Waals surface area contributed by atoms with E-state index in [0.29, 0.717) is 0 Å². The van der Waals surface area contributed by atoms with E-state index in [9.17, 15) is 14.4 Å². The highest BCUT2D eigenvalue weighted by Crippen LogP contribution is 2.01. The lowest BCUT2D eigenvalue weighted by atomic mass is 10.2. The van der Waals surface area contributed by atoms with Crippen molar-refractivity contribution in [2.45, 2.75) is 26.8 Å². The van der Waals surface area contributed by atoms with Crippen LogP contribution in [0.4, 0.5) is 0 Å². The number of aromatic nitrogens is 1. The fourth-order valence-electron chi connectivity index (χ4n) is 1.47. The molecule has 0 atom stereocenters. The summed E-state index contributed by atoms with van der Waals surface area (Å²) in [5.74, 6) is -2.38. The summed E-state index contributed by atoms with van der Waals surface area (Å²) in [6.07, 6.45) is 1.51. The van der Waals surface area contributed by atoms with Gasteiger partial charge in [-0.2, -0.15) is 0 Å². The van der Waals surface area contributed by atoms with E-state index in [2.05, 4.69) is 10.3 Å². The van der Waals surface area contributed by atoms with E-state index in [1.54, 1.807) is 19.9 Å². The van der Waals surface area contributed by atoms with E-state index >= 15 is 0 Å². The molecule has 1 heterocycles. The van der Waals surface area contributed by atoms with Crippen molar-refractivity contribution in [1.29, 1.82) is 0 Å². The van der Waals surface area contributed by atoms with E-state index in [-0.39, 0.29) is 18.9 Å². The van der Waals surface area contributed by atoms with E-state index < -0.39 is 23.9 Å². The standard InChI is InChI=1S/C14H18N2O5/c1-4-20-13(18)11(14(19)21-5-2)16-12(17)10-7-6-9(3)8-15-10/h6-8,11H,4-5H2,1-3H3,(H,16,17). The third-order valence-corrected chi connectivity index (χ3v) is 2.46. The number of carbonyl (C=O) groups excluding carboxylic acids is 3. The van der Waals surface area contributed by atoms with Gasteiger partial charge in [0.1, 0.15) is 5.69 Å². The van der Waals surface area contributed by atoms with Crippen LogP contribution in [0.5, 0.6) is 0 Å². The number of aryl methyl sites for hydroxylation is 1. The summed E-state index contributed by atoms with van der Waals surface area (Å²) in [4.78, 5) is 39.4. The second-order valence-electron chi connectivity index (χ2n) is 4.13. The molecule has 0 aliphatic heterocycles. The van der Waals surface area contributed by atoms with Crippen LogP contribution in [0.25, 0.3) is 0 Å². The second-order valence-corrected chi connectivity index (χ2v) is 4.13. The molecule has 0 unspecified atom stereocenters. The maximum Gasteiger partial charge on any atom is 0.340 e. The molecule has 7 nitrogen and oxygen atoms in total. The molecule has 1 aromatic rings. The molecule has 1 N–H and O–H groups in total. The zero-order valence-electron chi connectivity index (χ0n) is 12.2. The average molecular weight is 294 g/mol. The molecule has 0 bridgehead atoms. The van der Waals surface area contributed by atoms with Crippen LogP contribution in [-0.4, -0.2) is 42.1 Å². The highest BCUT2D eigenvalue weighted by Gasteiger charge is 2.31. The molecule has 21 heavy (non-hydrogen) atoms. The number of pyridine rings is 1. The summed E-state index contributed by atoms with van der Waals surface area (Å²) in [7, 11) is 0. The first kappa shape index (κ1) is 16.6. The zero-order chi connectivity index (χ0) is 15.8. The third-order valence-electron chi connectivity index (χ3n) is 2.46. The summed E-state index contributed by atoms with van der Waals surface area (Å²) < 4.78 is 9.50. The molecule has 114 valence electrons. The van der Waals surface area contributed by atoms with Crippen molar-refractivity contribution in [1.82, 2.24) is 10.3 Å². The van der Waals surface area contributed by atoms with Crippen LogP contribution in [0.2, 0.25) is 0 Å².